The van der Waals surface area contributed by atoms with Gasteiger partial charge >= 0.3 is 11.9 Å². The number of aromatic hydroxyl groups is 3. The number of amides is 5. The first kappa shape index (κ1) is 87.5. The van der Waals surface area contributed by atoms with E-state index in [-0.39, 0.29) is 107 Å². The Morgan fingerprint density at radius 1 is 0.529 bits per heavy atom. The lowest BCUT2D eigenvalue weighted by atomic mass is 10.0. The van der Waals surface area contributed by atoms with Crippen molar-refractivity contribution in [2.45, 2.75) is 77.0 Å². The summed E-state index contributed by atoms with van der Waals surface area (Å²) in [6.45, 7) is 4.94. The maximum atomic E-state index is 12.5. The number of hydrogen-bond acceptors (Lipinski definition) is 26. The Morgan fingerprint density at radius 3 is 1.15 bits per heavy atom. The van der Waals surface area contributed by atoms with Crippen molar-refractivity contribution in [1.82, 2.24) is 57.5 Å². The van der Waals surface area contributed by atoms with Crippen LogP contribution >= 0.6 is 95.0 Å². The number of aliphatic hydroxyl groups is 3. The van der Waals surface area contributed by atoms with Crippen LogP contribution in [0.4, 0.5) is 17.1 Å². The second kappa shape index (κ2) is 43.4. The molecule has 562 valence electrons. The molecule has 33 nitrogen and oxygen atoms in total. The zero-order chi connectivity index (χ0) is 74.7. The highest BCUT2D eigenvalue weighted by molar-refractivity contribution is 9.11. The Bertz CT molecular complexity index is 4100. The highest BCUT2D eigenvalue weighted by Crippen LogP contribution is 2.39. The molecule has 6 atom stereocenters. The molecule has 3 aliphatic rings. The van der Waals surface area contributed by atoms with Crippen LogP contribution in [-0.2, 0) is 19.2 Å². The van der Waals surface area contributed by atoms with E-state index in [9.17, 15) is 69.3 Å². The fourth-order valence-corrected chi connectivity index (χ4v) is 11.7. The van der Waals surface area contributed by atoms with Gasteiger partial charge in [0.25, 0.3) is 11.8 Å². The number of carboxylic acid groups (broad SMARTS) is 1. The Labute approximate surface area is 642 Å². The summed E-state index contributed by atoms with van der Waals surface area (Å²) in [6.07, 6.45) is 7.61. The molecule has 0 fully saturated rings. The van der Waals surface area contributed by atoms with Crippen molar-refractivity contribution in [3.05, 3.63) is 154 Å². The third kappa shape index (κ3) is 28.3. The summed E-state index contributed by atoms with van der Waals surface area (Å²) < 4.78 is 1.17. The summed E-state index contributed by atoms with van der Waals surface area (Å²) in [5.41, 5.74) is 8.62. The van der Waals surface area contributed by atoms with Crippen molar-refractivity contribution in [2.24, 2.45) is 20.7 Å². The maximum absolute atomic E-state index is 12.5. The van der Waals surface area contributed by atoms with Gasteiger partial charge in [-0.1, -0.05) is 56.1 Å². The average Bonchev–Trinajstić information content (AvgIpc) is 0.828. The molecule has 0 bridgehead atoms. The van der Waals surface area contributed by atoms with E-state index in [4.69, 9.17) is 45.6 Å². The molecule has 22 N–H and O–H groups in total. The number of nitrogens with two attached hydrogens (primary N) is 1. The monoisotopic (exact) mass is 1720 g/mol. The number of carboxylic acids is 1. The molecule has 40 heteroatoms. The van der Waals surface area contributed by atoms with Gasteiger partial charge in [-0.2, -0.15) is 0 Å². The van der Waals surface area contributed by atoms with E-state index in [1.807, 2.05) is 13.8 Å². The van der Waals surface area contributed by atoms with Gasteiger partial charge in [-0.05, 0) is 115 Å². The SMILES string of the molecule is C.CCC(NC(=O)CN)c1cc(Cl)cc(Br)c1O.CCC(NC(=O)CNC(=O)c1cncc(NC2=NCC(O)CN2)c1)c1cc(Cl)cc(Br)c1O.Cl.O=C(O)CC(NC(=O)CNC(=O)c1cncc(NC2=NCC(O)CN2)c1)c1cc(Cl)cc(Br)c1O.O=C([OH2+])c1cncc(NC2=NCC(O)CN2)c1. The van der Waals surface area contributed by atoms with Gasteiger partial charge in [0.1, 0.15) is 22.8 Å². The highest BCUT2D eigenvalue weighted by atomic mass is 79.9. The number of anilines is 3. The number of phenolic OH excluding ortho intramolecular Hbond substituents is 3. The molecular weight excluding hydrogens is 1640 g/mol. The van der Waals surface area contributed by atoms with Crippen LogP contribution in [0.2, 0.25) is 15.1 Å². The first-order valence-corrected chi connectivity index (χ1v) is 34.3. The third-order valence-corrected chi connectivity index (χ3v) is 16.7. The summed E-state index contributed by atoms with van der Waals surface area (Å²) in [6, 6.07) is 11.9. The van der Waals surface area contributed by atoms with Gasteiger partial charge in [-0.15, -0.1) is 12.4 Å². The lowest BCUT2D eigenvalue weighted by Crippen LogP contribution is -2.42. The van der Waals surface area contributed by atoms with Crippen LogP contribution in [0.1, 0.15) is 106 Å². The van der Waals surface area contributed by atoms with E-state index in [2.05, 4.69) is 136 Å². The number of guanidine groups is 3. The van der Waals surface area contributed by atoms with Crippen molar-refractivity contribution in [3.8, 4) is 17.2 Å². The molecule has 6 aromatic rings. The molecule has 3 aliphatic heterocycles. The summed E-state index contributed by atoms with van der Waals surface area (Å²) in [5.74, 6) is -3.19. The minimum atomic E-state index is -1.21. The van der Waals surface area contributed by atoms with Gasteiger partial charge in [0.2, 0.25) is 17.7 Å². The number of rotatable bonds is 21. The number of phenols is 3. The van der Waals surface area contributed by atoms with Crippen LogP contribution in [0.5, 0.6) is 17.2 Å². The lowest BCUT2D eigenvalue weighted by molar-refractivity contribution is -0.138. The molecule has 0 spiro atoms. The Balaban J connectivity index is 0.000000306. The molecule has 0 radical (unpaired) electrons. The predicted octanol–water partition coefficient (Wildman–Crippen LogP) is 5.00. The number of aliphatic carboxylic acids is 1. The van der Waals surface area contributed by atoms with E-state index in [1.54, 1.807) is 30.3 Å². The molecule has 5 amide bonds. The fraction of sp³-hybridized carbons (Fsp3) is 0.328. The number of halogens is 7. The standard InChI is InChI=1S/C21H22BrClN6O6.C21H24BrClN6O4.C11H14BrClN2O2.C10H12N4O3.CH4.ClH/c22-15-3-11(23)2-14(19(15)34)16(4-18(32)33)29-17(31)9-25-20(35)10-1-12(6-24-5-10)28-21-26-7-13(30)8-27-21;1-2-17(15-4-12(23)5-16(22)19(15)32)29-18(31)10-25-20(33)11-3-13(7-24-6-11)28-21-26-8-14(30)9-27-21;1-2-9(15-10(16)5-14)7-3-6(13)4-8(12)11(7)17;15-8-4-12-10(13-5-8)14-7-1-6(9(16)17)2-11-3-7;;/h1-3,5-6,13,16,30,34H,4,7-9H2,(H,25,35)(H,29,31)(H,32,33)(H2,26,27,28);3-7,14,17,30,32H,2,8-10H2,1H3,(H,25,33)(H,29,31)(H2,26,27,28);3-4,9,17H,2,5,14H2,1H3,(H,15,16);1-3,8,15H,4-5H2,(H,16,17)(H2,12,13,14);1H4;1H/p+1. The summed E-state index contributed by atoms with van der Waals surface area (Å²) in [4.78, 5) is 108. The number of β-amino-alcohol motifs (C(OH)–C–C–N with tert-alkyl or cyclic N) is 3. The highest BCUT2D eigenvalue weighted by Gasteiger charge is 2.26. The zero-order valence-electron chi connectivity index (χ0n) is 54.5. The Morgan fingerprint density at radius 2 is 0.846 bits per heavy atom. The number of aliphatic hydroxyl groups excluding tert-OH is 3. The number of aliphatic imine (C=N–C) groups is 3. The van der Waals surface area contributed by atoms with Crippen LogP contribution in [0.15, 0.2) is 120 Å². The van der Waals surface area contributed by atoms with E-state index < -0.39 is 78.9 Å². The lowest BCUT2D eigenvalue weighted by Gasteiger charge is -2.20. The van der Waals surface area contributed by atoms with Gasteiger partial charge in [-0.3, -0.25) is 58.7 Å². The number of nitrogens with zero attached hydrogens (tertiary/aromatic N) is 6. The van der Waals surface area contributed by atoms with Crippen molar-refractivity contribution >= 4 is 171 Å². The van der Waals surface area contributed by atoms with Gasteiger partial charge < -0.3 is 105 Å². The van der Waals surface area contributed by atoms with Gasteiger partial charge in [-0.25, -0.2) is 0 Å². The van der Waals surface area contributed by atoms with Crippen LogP contribution in [0.3, 0.4) is 0 Å². The first-order valence-electron chi connectivity index (χ1n) is 30.7. The molecule has 6 heterocycles. The summed E-state index contributed by atoms with van der Waals surface area (Å²) in [5, 5.41) is 107. The summed E-state index contributed by atoms with van der Waals surface area (Å²) >= 11 is 27.6. The van der Waals surface area contributed by atoms with E-state index in [1.165, 1.54) is 61.4 Å². The van der Waals surface area contributed by atoms with E-state index in [0.717, 1.165) is 0 Å². The van der Waals surface area contributed by atoms with Crippen molar-refractivity contribution in [3.63, 3.8) is 0 Å². The topological polar surface area (TPSA) is 518 Å². The quantitative estimate of drug-likeness (QED) is 0.0421. The number of carbonyl (C=O) groups is 7. The first-order chi connectivity index (χ1) is 48.5. The maximum Gasteiger partial charge on any atom is 0.550 e. The van der Waals surface area contributed by atoms with Gasteiger partial charge in [0.05, 0.1) is 142 Å². The predicted molar refractivity (Wildman–Crippen MR) is 406 cm³/mol. The molecule has 3 aromatic carbocycles. The third-order valence-electron chi connectivity index (χ3n) is 14.2. The molecule has 6 unspecified atom stereocenters. The summed E-state index contributed by atoms with van der Waals surface area (Å²) in [7, 11) is 0. The smallest absolute Gasteiger partial charge is 0.550 e. The Hall–Kier alpha value is -8.95. The van der Waals surface area contributed by atoms with Crippen molar-refractivity contribution in [2.75, 3.05) is 74.9 Å². The van der Waals surface area contributed by atoms with Crippen LogP contribution < -0.4 is 64.2 Å². The second-order valence-electron chi connectivity index (χ2n) is 22.1. The number of aromatic nitrogens is 3. The minimum absolute atomic E-state index is 0. The number of benzene rings is 3. The molecule has 0 saturated heterocycles. The number of nitrogens with one attached hydrogen (secondary N) is 11. The second-order valence-corrected chi connectivity index (χ2v) is 26.0. The fourth-order valence-electron chi connectivity index (χ4n) is 9.19. The van der Waals surface area contributed by atoms with Gasteiger partial charge in [0.15, 0.2) is 17.9 Å². The van der Waals surface area contributed by atoms with E-state index in [0.29, 0.717) is 104 Å². The van der Waals surface area contributed by atoms with Gasteiger partial charge in [0, 0.05) is 74.8 Å². The molecule has 3 aromatic heterocycles. The number of carbonyl (C=O) groups excluding carboxylic acids is 6. The van der Waals surface area contributed by atoms with E-state index >= 15 is 0 Å². The van der Waals surface area contributed by atoms with Crippen LogP contribution in [0, 0.1) is 0 Å². The van der Waals surface area contributed by atoms with Crippen molar-refractivity contribution in [1.29, 1.82) is 0 Å². The molecule has 0 aliphatic carbocycles. The Kier molecular flexibility index (Phi) is 36.5. The molecule has 0 saturated carbocycles. The normalized spacial score (nSPS) is 15.6. The average molecular weight is 1720 g/mol. The molecule has 104 heavy (non-hydrogen) atoms. The van der Waals surface area contributed by atoms with Crippen LogP contribution in [0.25, 0.3) is 0 Å². The minimum Gasteiger partial charge on any atom is -0.561 e. The zero-order valence-corrected chi connectivity index (χ0v) is 62.4. The molecular formula is C64H78Br3Cl4N18O15+. The number of pyridine rings is 3. The molecule has 9 rings (SSSR count). The largest absolute Gasteiger partial charge is 0.561 e. The van der Waals surface area contributed by atoms with Crippen LogP contribution in [-0.4, -0.2) is 192 Å². The number of hydrogen-bond donors (Lipinski definition) is 19. The van der Waals surface area contributed by atoms with Crippen molar-refractivity contribution < 1.29 is 74.4 Å².